The molecule has 3 aromatic rings. The van der Waals surface area contributed by atoms with Crippen LogP contribution in [0.3, 0.4) is 0 Å². The highest BCUT2D eigenvalue weighted by Gasteiger charge is 2.10. The van der Waals surface area contributed by atoms with E-state index < -0.39 is 0 Å². The Bertz CT molecular complexity index is 780. The van der Waals surface area contributed by atoms with Gasteiger partial charge in [0.1, 0.15) is 5.69 Å². The molecule has 6 heteroatoms. The van der Waals surface area contributed by atoms with Gasteiger partial charge in [-0.3, -0.25) is 4.98 Å². The molecular formula is C15H10N4OS. The Morgan fingerprint density at radius 2 is 1.95 bits per heavy atom. The first-order valence-corrected chi connectivity index (χ1v) is 7.21. The molecule has 0 aliphatic rings. The molecule has 102 valence electrons. The molecule has 3 rings (SSSR count). The molecule has 0 saturated heterocycles. The number of nitrogens with zero attached hydrogens (tertiary/aromatic N) is 4. The number of benzene rings is 1. The van der Waals surface area contributed by atoms with Gasteiger partial charge in [0.15, 0.2) is 0 Å². The van der Waals surface area contributed by atoms with Gasteiger partial charge in [-0.2, -0.15) is 5.26 Å². The topological polar surface area (TPSA) is 75.6 Å². The second-order valence-corrected chi connectivity index (χ2v) is 5.07. The van der Waals surface area contributed by atoms with Gasteiger partial charge in [-0.1, -0.05) is 36.0 Å². The SMILES string of the molecule is N#Cc1ccccc1CSc1nnc(-c2ccccn2)o1. The highest BCUT2D eigenvalue weighted by Crippen LogP contribution is 2.25. The minimum atomic E-state index is 0.395. The predicted octanol–water partition coefficient (Wildman–Crippen LogP) is 3.30. The lowest BCUT2D eigenvalue weighted by Gasteiger charge is -2.00. The molecule has 5 nitrogen and oxygen atoms in total. The Kier molecular flexibility index (Phi) is 3.94. The number of hydrogen-bond donors (Lipinski definition) is 0. The second kappa shape index (κ2) is 6.20. The molecule has 0 unspecified atom stereocenters. The lowest BCUT2D eigenvalue weighted by atomic mass is 10.1. The van der Waals surface area contributed by atoms with Crippen molar-refractivity contribution in [2.75, 3.05) is 0 Å². The Morgan fingerprint density at radius 3 is 2.76 bits per heavy atom. The zero-order valence-corrected chi connectivity index (χ0v) is 11.7. The van der Waals surface area contributed by atoms with E-state index >= 15 is 0 Å². The smallest absolute Gasteiger partial charge is 0.277 e. The summed E-state index contributed by atoms with van der Waals surface area (Å²) in [5.41, 5.74) is 2.26. The minimum absolute atomic E-state index is 0.395. The second-order valence-electron chi connectivity index (χ2n) is 4.15. The number of aromatic nitrogens is 3. The molecule has 0 N–H and O–H groups in total. The third-order valence-electron chi connectivity index (χ3n) is 2.78. The molecule has 1 aromatic carbocycles. The Labute approximate surface area is 125 Å². The maximum atomic E-state index is 9.05. The molecular weight excluding hydrogens is 284 g/mol. The van der Waals surface area contributed by atoms with Crippen LogP contribution in [-0.2, 0) is 5.75 Å². The van der Waals surface area contributed by atoms with Crippen molar-refractivity contribution in [1.29, 1.82) is 5.26 Å². The minimum Gasteiger partial charge on any atom is -0.410 e. The third-order valence-corrected chi connectivity index (χ3v) is 3.65. The average molecular weight is 294 g/mol. The van der Waals surface area contributed by atoms with Crippen LogP contribution >= 0.6 is 11.8 Å². The van der Waals surface area contributed by atoms with Gasteiger partial charge in [-0.05, 0) is 23.8 Å². The molecule has 2 aromatic heterocycles. The summed E-state index contributed by atoms with van der Waals surface area (Å²) in [4.78, 5) is 4.16. The van der Waals surface area contributed by atoms with Crippen LogP contribution in [0.25, 0.3) is 11.6 Å². The first-order chi connectivity index (χ1) is 10.4. The highest BCUT2D eigenvalue weighted by atomic mass is 32.2. The van der Waals surface area contributed by atoms with Crippen LogP contribution in [0.2, 0.25) is 0 Å². The summed E-state index contributed by atoms with van der Waals surface area (Å²) in [6.45, 7) is 0. The number of hydrogen-bond acceptors (Lipinski definition) is 6. The molecule has 0 aliphatic carbocycles. The van der Waals surface area contributed by atoms with E-state index in [-0.39, 0.29) is 0 Å². The highest BCUT2D eigenvalue weighted by molar-refractivity contribution is 7.98. The quantitative estimate of drug-likeness (QED) is 0.687. The first kappa shape index (κ1) is 13.3. The van der Waals surface area contributed by atoms with E-state index in [0.717, 1.165) is 5.56 Å². The van der Waals surface area contributed by atoms with Gasteiger partial charge >= 0.3 is 0 Å². The average Bonchev–Trinajstić information content (AvgIpc) is 3.03. The summed E-state index contributed by atoms with van der Waals surface area (Å²) < 4.78 is 5.56. The van der Waals surface area contributed by atoms with Gasteiger partial charge in [0, 0.05) is 11.9 Å². The van der Waals surface area contributed by atoms with Crippen LogP contribution in [0.5, 0.6) is 0 Å². The fourth-order valence-corrected chi connectivity index (χ4v) is 2.52. The molecule has 0 radical (unpaired) electrons. The number of pyridine rings is 1. The number of nitriles is 1. The normalized spacial score (nSPS) is 10.2. The molecule has 0 fully saturated rings. The van der Waals surface area contributed by atoms with E-state index in [9.17, 15) is 0 Å². The van der Waals surface area contributed by atoms with Gasteiger partial charge in [-0.15, -0.1) is 10.2 Å². The summed E-state index contributed by atoms with van der Waals surface area (Å²) >= 11 is 1.40. The third kappa shape index (κ3) is 3.09. The van der Waals surface area contributed by atoms with E-state index in [4.69, 9.17) is 9.68 Å². The van der Waals surface area contributed by atoms with Crippen LogP contribution in [0, 0.1) is 11.3 Å². The monoisotopic (exact) mass is 294 g/mol. The summed E-state index contributed by atoms with van der Waals surface area (Å²) in [5.74, 6) is 1.000. The molecule has 21 heavy (non-hydrogen) atoms. The van der Waals surface area contributed by atoms with Gasteiger partial charge in [0.25, 0.3) is 11.1 Å². The Hall–Kier alpha value is -2.65. The lowest BCUT2D eigenvalue weighted by Crippen LogP contribution is -1.86. The fraction of sp³-hybridized carbons (Fsp3) is 0.0667. The van der Waals surface area contributed by atoms with Crippen molar-refractivity contribution in [2.45, 2.75) is 11.0 Å². The van der Waals surface area contributed by atoms with Gasteiger partial charge < -0.3 is 4.42 Å². The van der Waals surface area contributed by atoms with Gasteiger partial charge in [0.2, 0.25) is 0 Å². The zero-order valence-electron chi connectivity index (χ0n) is 10.9. The van der Waals surface area contributed by atoms with Crippen LogP contribution in [-0.4, -0.2) is 15.2 Å². The van der Waals surface area contributed by atoms with Crippen LogP contribution in [0.1, 0.15) is 11.1 Å². The van der Waals surface area contributed by atoms with Crippen LogP contribution in [0.15, 0.2) is 58.3 Å². The molecule has 0 spiro atoms. The van der Waals surface area contributed by atoms with Crippen molar-refractivity contribution >= 4 is 11.8 Å². The number of thioether (sulfide) groups is 1. The standard InChI is InChI=1S/C15H10N4OS/c16-9-11-5-1-2-6-12(11)10-21-15-19-18-14(20-15)13-7-3-4-8-17-13/h1-8H,10H2. The van der Waals surface area contributed by atoms with E-state index in [1.165, 1.54) is 11.8 Å². The fourth-order valence-electron chi connectivity index (χ4n) is 1.76. The van der Waals surface area contributed by atoms with Gasteiger partial charge in [0.05, 0.1) is 11.6 Å². The summed E-state index contributed by atoms with van der Waals surface area (Å²) in [6, 6.07) is 15.1. The van der Waals surface area contributed by atoms with Gasteiger partial charge in [-0.25, -0.2) is 0 Å². The predicted molar refractivity (Wildman–Crippen MR) is 78.2 cm³/mol. The molecule has 0 saturated carbocycles. The van der Waals surface area contributed by atoms with Crippen LogP contribution in [0.4, 0.5) is 0 Å². The zero-order chi connectivity index (χ0) is 14.5. The molecule has 0 bridgehead atoms. The van der Waals surface area contributed by atoms with E-state index in [1.807, 2.05) is 36.4 Å². The molecule has 0 atom stereocenters. The maximum absolute atomic E-state index is 9.05. The summed E-state index contributed by atoms with van der Waals surface area (Å²) in [6.07, 6.45) is 1.68. The van der Waals surface area contributed by atoms with Crippen molar-refractivity contribution < 1.29 is 4.42 Å². The van der Waals surface area contributed by atoms with Crippen molar-refractivity contribution in [1.82, 2.24) is 15.2 Å². The van der Waals surface area contributed by atoms with Crippen molar-refractivity contribution in [3.63, 3.8) is 0 Å². The van der Waals surface area contributed by atoms with Crippen molar-refractivity contribution in [2.24, 2.45) is 0 Å². The van der Waals surface area contributed by atoms with E-state index in [2.05, 4.69) is 21.3 Å². The van der Waals surface area contributed by atoms with Crippen molar-refractivity contribution in [3.8, 4) is 17.7 Å². The Morgan fingerprint density at radius 1 is 1.10 bits per heavy atom. The maximum Gasteiger partial charge on any atom is 0.277 e. The summed E-state index contributed by atoms with van der Waals surface area (Å²) in [7, 11) is 0. The Balaban J connectivity index is 1.72. The van der Waals surface area contributed by atoms with E-state index in [0.29, 0.717) is 28.1 Å². The van der Waals surface area contributed by atoms with E-state index in [1.54, 1.807) is 12.3 Å². The molecule has 0 aliphatic heterocycles. The van der Waals surface area contributed by atoms with Crippen LogP contribution < -0.4 is 0 Å². The molecule has 2 heterocycles. The lowest BCUT2D eigenvalue weighted by molar-refractivity contribution is 0.464. The number of rotatable bonds is 4. The molecule has 0 amide bonds. The first-order valence-electron chi connectivity index (χ1n) is 6.22. The summed E-state index contributed by atoms with van der Waals surface area (Å²) in [5, 5.41) is 17.5. The van der Waals surface area contributed by atoms with Crippen molar-refractivity contribution in [3.05, 3.63) is 59.8 Å². The largest absolute Gasteiger partial charge is 0.410 e.